The first-order valence-electron chi connectivity index (χ1n) is 8.55. The molecule has 0 amide bonds. The third-order valence-electron chi connectivity index (χ3n) is 3.98. The lowest BCUT2D eigenvalue weighted by Gasteiger charge is -2.08. The van der Waals surface area contributed by atoms with E-state index in [1.807, 2.05) is 6.07 Å². The maximum absolute atomic E-state index is 10.3. The Bertz CT molecular complexity index is 556. The maximum Gasteiger partial charge on any atom is 0.240 e. The molecule has 23 heavy (non-hydrogen) atoms. The van der Waals surface area contributed by atoms with Gasteiger partial charge in [0.05, 0.1) is 12.2 Å². The van der Waals surface area contributed by atoms with Gasteiger partial charge in [0.2, 0.25) is 12.2 Å². The van der Waals surface area contributed by atoms with E-state index in [0.717, 1.165) is 18.4 Å². The van der Waals surface area contributed by atoms with Crippen molar-refractivity contribution in [2.45, 2.75) is 71.3 Å². The van der Waals surface area contributed by atoms with Crippen molar-refractivity contribution in [1.29, 1.82) is 0 Å². The average molecular weight is 314 g/mol. The van der Waals surface area contributed by atoms with Crippen LogP contribution < -0.4 is 0 Å². The Kier molecular flexibility index (Phi) is 10.4. The third-order valence-corrected chi connectivity index (χ3v) is 3.98. The van der Waals surface area contributed by atoms with Gasteiger partial charge in [0.25, 0.3) is 0 Å². The summed E-state index contributed by atoms with van der Waals surface area (Å²) in [6.07, 6.45) is 14.3. The molecule has 0 unspecified atom stereocenters. The Morgan fingerprint density at radius 3 is 2.22 bits per heavy atom. The van der Waals surface area contributed by atoms with Crippen LogP contribution in [0.3, 0.4) is 0 Å². The first-order chi connectivity index (χ1) is 11.3. The smallest absolute Gasteiger partial charge is 0.211 e. The Morgan fingerprint density at radius 1 is 0.870 bits per heavy atom. The van der Waals surface area contributed by atoms with Gasteiger partial charge >= 0.3 is 0 Å². The lowest BCUT2D eigenvalue weighted by molar-refractivity contribution is 0.562. The fourth-order valence-electron chi connectivity index (χ4n) is 2.69. The number of isocyanates is 2. The lowest BCUT2D eigenvalue weighted by Crippen LogP contribution is -1.94. The minimum atomic E-state index is 0.290. The Morgan fingerprint density at radius 2 is 1.57 bits per heavy atom. The second-order valence-electron chi connectivity index (χ2n) is 5.79. The zero-order valence-electron chi connectivity index (χ0n) is 14.0. The fraction of sp³-hybridized carbons (Fsp3) is 0.579. The molecule has 0 atom stereocenters. The molecule has 0 aliphatic carbocycles. The molecule has 4 heteroatoms. The van der Waals surface area contributed by atoms with Gasteiger partial charge in [-0.05, 0) is 36.1 Å². The third kappa shape index (κ3) is 8.25. The predicted molar refractivity (Wildman–Crippen MR) is 92.4 cm³/mol. The normalized spacial score (nSPS) is 9.96. The molecular weight excluding hydrogens is 288 g/mol. The first kappa shape index (κ1) is 19.0. The van der Waals surface area contributed by atoms with Gasteiger partial charge in [-0.2, -0.15) is 4.99 Å². The van der Waals surface area contributed by atoms with Crippen LogP contribution >= 0.6 is 0 Å². The van der Waals surface area contributed by atoms with Crippen LogP contribution in [0.15, 0.2) is 28.2 Å². The lowest BCUT2D eigenvalue weighted by atomic mass is 9.99. The zero-order valence-corrected chi connectivity index (χ0v) is 14.0. The largest absolute Gasteiger partial charge is 0.240 e. The molecule has 0 spiro atoms. The summed E-state index contributed by atoms with van der Waals surface area (Å²) in [5.41, 5.74) is 2.66. The van der Waals surface area contributed by atoms with E-state index < -0.39 is 0 Å². The van der Waals surface area contributed by atoms with Crippen LogP contribution in [0.2, 0.25) is 0 Å². The van der Waals surface area contributed by atoms with Crippen molar-refractivity contribution in [3.05, 3.63) is 29.3 Å². The van der Waals surface area contributed by atoms with Crippen molar-refractivity contribution in [2.75, 3.05) is 0 Å². The highest BCUT2D eigenvalue weighted by Gasteiger charge is 2.04. The minimum absolute atomic E-state index is 0.290. The number of hydrogen-bond donors (Lipinski definition) is 0. The van der Waals surface area contributed by atoms with E-state index >= 15 is 0 Å². The van der Waals surface area contributed by atoms with E-state index in [2.05, 4.69) is 16.9 Å². The molecule has 0 N–H and O–H groups in total. The van der Waals surface area contributed by atoms with Gasteiger partial charge in [0.1, 0.15) is 0 Å². The molecule has 0 heterocycles. The van der Waals surface area contributed by atoms with E-state index in [-0.39, 0.29) is 6.54 Å². The zero-order chi connectivity index (χ0) is 16.8. The van der Waals surface area contributed by atoms with Crippen molar-refractivity contribution in [2.24, 2.45) is 9.98 Å². The van der Waals surface area contributed by atoms with E-state index in [0.29, 0.717) is 5.69 Å². The summed E-state index contributed by atoms with van der Waals surface area (Å²) in [6, 6.07) is 5.57. The van der Waals surface area contributed by atoms with Crippen molar-refractivity contribution >= 4 is 17.8 Å². The number of nitrogens with zero attached hydrogens (tertiary/aromatic N) is 2. The molecule has 4 nitrogen and oxygen atoms in total. The molecule has 1 aromatic rings. The van der Waals surface area contributed by atoms with Gasteiger partial charge in [-0.3, -0.25) is 0 Å². The Balaban J connectivity index is 2.45. The quantitative estimate of drug-likeness (QED) is 0.303. The van der Waals surface area contributed by atoms with Crippen LogP contribution in [0.5, 0.6) is 0 Å². The van der Waals surface area contributed by atoms with E-state index in [1.165, 1.54) is 56.6 Å². The Hall–Kier alpha value is -2.02. The molecule has 0 fully saturated rings. The molecule has 0 bridgehead atoms. The fourth-order valence-corrected chi connectivity index (χ4v) is 2.69. The van der Waals surface area contributed by atoms with Crippen LogP contribution in [0.4, 0.5) is 5.69 Å². The van der Waals surface area contributed by atoms with E-state index in [4.69, 9.17) is 0 Å². The van der Waals surface area contributed by atoms with Crippen molar-refractivity contribution in [3.8, 4) is 0 Å². The predicted octanol–water partition coefficient (Wildman–Crippen LogP) is 5.17. The second-order valence-corrected chi connectivity index (χ2v) is 5.79. The number of carbonyl (C=O) groups excluding carboxylic acids is 2. The van der Waals surface area contributed by atoms with E-state index in [1.54, 1.807) is 18.2 Å². The first-order valence-corrected chi connectivity index (χ1v) is 8.55. The Labute approximate surface area is 138 Å². The van der Waals surface area contributed by atoms with E-state index in [9.17, 15) is 9.59 Å². The summed E-state index contributed by atoms with van der Waals surface area (Å²) in [5.74, 6) is 0. The summed E-state index contributed by atoms with van der Waals surface area (Å²) < 4.78 is 0. The van der Waals surface area contributed by atoms with Gasteiger partial charge in [0, 0.05) is 0 Å². The number of hydrogen-bond acceptors (Lipinski definition) is 4. The van der Waals surface area contributed by atoms with Gasteiger partial charge in [0.15, 0.2) is 0 Å². The highest BCUT2D eigenvalue weighted by molar-refractivity contribution is 5.52. The number of unbranched alkanes of at least 4 members (excludes halogenated alkanes) is 7. The van der Waals surface area contributed by atoms with Gasteiger partial charge in [-0.15, -0.1) is 0 Å². The summed E-state index contributed by atoms with van der Waals surface area (Å²) in [5, 5.41) is 0. The molecular formula is C19H26N2O2. The SMILES string of the molecule is CCCCCCCCCCc1ccc(N=C=O)cc1CN=C=O. The van der Waals surface area contributed by atoms with Crippen LogP contribution in [0.1, 0.15) is 69.4 Å². The van der Waals surface area contributed by atoms with Crippen molar-refractivity contribution < 1.29 is 9.59 Å². The molecule has 0 radical (unpaired) electrons. The van der Waals surface area contributed by atoms with Gasteiger partial charge < -0.3 is 0 Å². The molecule has 0 aliphatic heterocycles. The molecule has 124 valence electrons. The monoisotopic (exact) mass is 314 g/mol. The summed E-state index contributed by atoms with van der Waals surface area (Å²) >= 11 is 0. The minimum Gasteiger partial charge on any atom is -0.211 e. The van der Waals surface area contributed by atoms with Gasteiger partial charge in [-0.1, -0.05) is 57.9 Å². The van der Waals surface area contributed by atoms with Crippen LogP contribution in [-0.2, 0) is 22.6 Å². The molecule has 0 saturated carbocycles. The molecule has 0 aromatic heterocycles. The average Bonchev–Trinajstić information content (AvgIpc) is 2.57. The van der Waals surface area contributed by atoms with Crippen LogP contribution in [0.25, 0.3) is 0 Å². The molecule has 1 rings (SSSR count). The standard InChI is InChI=1S/C19H26N2O2/c1-2-3-4-5-6-7-8-9-10-17-11-12-19(21-16-23)13-18(17)14-20-15-22/h11-13H,2-10,14H2,1H3. The summed E-state index contributed by atoms with van der Waals surface area (Å²) in [6.45, 7) is 2.52. The van der Waals surface area contributed by atoms with Crippen LogP contribution in [0, 0.1) is 0 Å². The molecule has 0 aliphatic rings. The van der Waals surface area contributed by atoms with Crippen molar-refractivity contribution in [1.82, 2.24) is 0 Å². The summed E-state index contributed by atoms with van der Waals surface area (Å²) in [4.78, 5) is 27.9. The van der Waals surface area contributed by atoms with Crippen molar-refractivity contribution in [3.63, 3.8) is 0 Å². The number of aliphatic imine (C=N–C) groups is 2. The second kappa shape index (κ2) is 12.5. The highest BCUT2D eigenvalue weighted by Crippen LogP contribution is 2.21. The number of benzene rings is 1. The summed E-state index contributed by atoms with van der Waals surface area (Å²) in [7, 11) is 0. The number of rotatable bonds is 12. The molecule has 0 saturated heterocycles. The highest BCUT2D eigenvalue weighted by atomic mass is 16.1. The van der Waals surface area contributed by atoms with Crippen LogP contribution in [-0.4, -0.2) is 12.2 Å². The number of aryl methyl sites for hydroxylation is 1. The van der Waals surface area contributed by atoms with Gasteiger partial charge in [-0.25, -0.2) is 14.6 Å². The topological polar surface area (TPSA) is 58.9 Å². The molecule has 1 aromatic carbocycles. The maximum atomic E-state index is 10.3.